The van der Waals surface area contributed by atoms with Gasteiger partial charge in [-0.3, -0.25) is 4.79 Å². The van der Waals surface area contributed by atoms with Crippen molar-refractivity contribution in [2.24, 2.45) is 0 Å². The molecule has 0 radical (unpaired) electrons. The van der Waals surface area contributed by atoms with E-state index in [1.807, 2.05) is 0 Å². The van der Waals surface area contributed by atoms with E-state index in [-0.39, 0.29) is 54.8 Å². The van der Waals surface area contributed by atoms with E-state index >= 15 is 0 Å². The fourth-order valence-electron chi connectivity index (χ4n) is 5.35. The molecule has 5 rings (SSSR count). The van der Waals surface area contributed by atoms with E-state index < -0.39 is 96.1 Å². The molecule has 49 heavy (non-hydrogen) atoms. The Morgan fingerprint density at radius 3 is 2.12 bits per heavy atom. The van der Waals surface area contributed by atoms with Crippen molar-refractivity contribution in [1.29, 1.82) is 0 Å². The summed E-state index contributed by atoms with van der Waals surface area (Å²) in [5, 5.41) is 102. The maximum atomic E-state index is 13.9. The van der Waals surface area contributed by atoms with Crippen LogP contribution in [0.15, 0.2) is 39.5 Å². The Labute approximate surface area is 277 Å². The fourth-order valence-corrected chi connectivity index (χ4v) is 5.35. The molecule has 2 aromatic carbocycles. The first kappa shape index (κ1) is 36.5. The Kier molecular flexibility index (Phi) is 11.5. The van der Waals surface area contributed by atoms with Gasteiger partial charge in [-0.15, -0.1) is 0 Å². The van der Waals surface area contributed by atoms with Crippen molar-refractivity contribution < 1.29 is 83.9 Å². The van der Waals surface area contributed by atoms with Crippen LogP contribution in [-0.2, 0) is 14.2 Å². The second-order valence-corrected chi connectivity index (χ2v) is 11.4. The van der Waals surface area contributed by atoms with E-state index in [0.29, 0.717) is 0 Å². The highest BCUT2D eigenvalue weighted by Gasteiger charge is 2.48. The topological polar surface area (TPSA) is 288 Å². The second kappa shape index (κ2) is 15.4. The molecule has 2 saturated heterocycles. The Morgan fingerprint density at radius 2 is 1.43 bits per heavy atom. The molecule has 18 heteroatoms. The monoisotopic (exact) mass is 698 g/mol. The van der Waals surface area contributed by atoms with Crippen molar-refractivity contribution in [3.63, 3.8) is 0 Å². The molecular weight excluding hydrogens is 660 g/mol. The third-order valence-corrected chi connectivity index (χ3v) is 7.97. The van der Waals surface area contributed by atoms with Crippen LogP contribution in [0.5, 0.6) is 28.7 Å². The number of aliphatic hydroxyl groups excluding tert-OH is 8. The molecule has 0 aliphatic carbocycles. The van der Waals surface area contributed by atoms with Gasteiger partial charge in [0.15, 0.2) is 23.5 Å². The van der Waals surface area contributed by atoms with E-state index in [1.54, 1.807) is 0 Å². The minimum atomic E-state index is -1.98. The predicted molar refractivity (Wildman–Crippen MR) is 162 cm³/mol. The largest absolute Gasteiger partial charge is 0.507 e. The van der Waals surface area contributed by atoms with Gasteiger partial charge in [-0.2, -0.15) is 0 Å². The number of phenols is 2. The molecule has 0 unspecified atom stereocenters. The maximum Gasteiger partial charge on any atom is 0.239 e. The molecule has 0 spiro atoms. The predicted octanol–water partition coefficient (Wildman–Crippen LogP) is -2.36. The molecule has 0 amide bonds. The number of hydrogen-bond donors (Lipinski definition) is 10. The summed E-state index contributed by atoms with van der Waals surface area (Å²) in [7, 11) is 0. The van der Waals surface area contributed by atoms with Gasteiger partial charge in [0.05, 0.1) is 25.9 Å². The van der Waals surface area contributed by atoms with Crippen LogP contribution < -0.4 is 19.6 Å². The second-order valence-electron chi connectivity index (χ2n) is 11.4. The lowest BCUT2D eigenvalue weighted by Crippen LogP contribution is -2.61. The number of phenolic OH excluding ortho intramolecular Hbond substituents is 2. The summed E-state index contributed by atoms with van der Waals surface area (Å²) >= 11 is 0. The van der Waals surface area contributed by atoms with Gasteiger partial charge in [-0.25, -0.2) is 0 Å². The Bertz CT molecular complexity index is 1640. The van der Waals surface area contributed by atoms with E-state index in [1.165, 1.54) is 25.1 Å². The molecule has 3 aromatic rings. The SMILES string of the molecule is C[C@@H]1O[C@@H](OC[C@H]2O[C@@H](Oc3c(-c4ccc(OCCO)c(O)c4)oc4cc(OCCO)cc(O)c4c3=O)[C@H](O)[C@@H](O)[C@@H]2O)[C@H](O)[C@H](O)[C@H]1O. The Hall–Kier alpha value is -3.79. The zero-order chi connectivity index (χ0) is 35.6. The van der Waals surface area contributed by atoms with Crippen LogP contribution in [0.25, 0.3) is 22.3 Å². The highest BCUT2D eigenvalue weighted by Crippen LogP contribution is 2.40. The summed E-state index contributed by atoms with van der Waals surface area (Å²) in [6, 6.07) is 6.17. The standard InChI is InChI=1S/C31H38O18/c1-12-21(36)24(39)26(41)30(46-12)45-11-19-22(37)25(40)27(42)31(48-19)49-29-23(38)20-16(35)9-14(43-6-4-32)10-18(20)47-28(29)13-2-3-17(15(34)8-13)44-7-5-33/h2-3,8-10,12,19,21-22,24-27,30-37,39-42H,4-7,11H2,1H3/t12-,19+,21-,22+,24+,25-,26+,27+,30+,31-/m0/s1. The number of fused-ring (bicyclic) bond motifs is 1. The minimum absolute atomic E-state index is 0.0183. The molecule has 18 nitrogen and oxygen atoms in total. The van der Waals surface area contributed by atoms with Gasteiger partial charge in [-0.05, 0) is 25.1 Å². The summed E-state index contributed by atoms with van der Waals surface area (Å²) in [6.45, 7) is -0.144. The number of benzene rings is 2. The molecule has 10 N–H and O–H groups in total. The van der Waals surface area contributed by atoms with Crippen LogP contribution in [0.3, 0.4) is 0 Å². The van der Waals surface area contributed by atoms with Gasteiger partial charge < -0.3 is 83.9 Å². The van der Waals surface area contributed by atoms with Crippen LogP contribution in [-0.4, -0.2) is 146 Å². The third-order valence-electron chi connectivity index (χ3n) is 7.97. The highest BCUT2D eigenvalue weighted by molar-refractivity contribution is 5.88. The average Bonchev–Trinajstić information content (AvgIpc) is 3.08. The van der Waals surface area contributed by atoms with E-state index in [4.69, 9.17) is 43.1 Å². The normalized spacial score (nSPS) is 30.3. The number of ether oxygens (including phenoxy) is 6. The summed E-state index contributed by atoms with van der Waals surface area (Å²) in [4.78, 5) is 13.9. The van der Waals surface area contributed by atoms with E-state index in [9.17, 15) is 45.6 Å². The van der Waals surface area contributed by atoms with Crippen molar-refractivity contribution in [3.05, 3.63) is 40.6 Å². The molecule has 2 aliphatic rings. The van der Waals surface area contributed by atoms with Crippen molar-refractivity contribution in [3.8, 4) is 40.1 Å². The van der Waals surface area contributed by atoms with Crippen molar-refractivity contribution >= 4 is 11.0 Å². The first-order chi connectivity index (χ1) is 23.4. The zero-order valence-corrected chi connectivity index (χ0v) is 25.9. The van der Waals surface area contributed by atoms with Crippen LogP contribution in [0.4, 0.5) is 0 Å². The average molecular weight is 699 g/mol. The van der Waals surface area contributed by atoms with Crippen molar-refractivity contribution in [2.75, 3.05) is 33.0 Å². The lowest BCUT2D eigenvalue weighted by molar-refractivity contribution is -0.318. The number of aromatic hydroxyl groups is 2. The lowest BCUT2D eigenvalue weighted by atomic mass is 9.98. The molecule has 0 bridgehead atoms. The zero-order valence-electron chi connectivity index (χ0n) is 25.9. The molecule has 0 saturated carbocycles. The highest BCUT2D eigenvalue weighted by atomic mass is 16.7. The van der Waals surface area contributed by atoms with Gasteiger partial charge >= 0.3 is 0 Å². The first-order valence-corrected chi connectivity index (χ1v) is 15.2. The van der Waals surface area contributed by atoms with Crippen LogP contribution in [0.1, 0.15) is 6.92 Å². The summed E-state index contributed by atoms with van der Waals surface area (Å²) in [5.74, 6) is -2.04. The maximum absolute atomic E-state index is 13.9. The number of hydrogen-bond acceptors (Lipinski definition) is 18. The first-order valence-electron chi connectivity index (χ1n) is 15.2. The number of aliphatic hydroxyl groups is 8. The Morgan fingerprint density at radius 1 is 0.755 bits per heavy atom. The van der Waals surface area contributed by atoms with E-state index in [2.05, 4.69) is 0 Å². The van der Waals surface area contributed by atoms with Gasteiger partial charge in [0, 0.05) is 17.7 Å². The van der Waals surface area contributed by atoms with E-state index in [0.717, 1.165) is 12.1 Å². The molecule has 3 heterocycles. The minimum Gasteiger partial charge on any atom is -0.507 e. The summed E-state index contributed by atoms with van der Waals surface area (Å²) in [5.41, 5.74) is -1.18. The molecule has 2 fully saturated rings. The molecule has 10 atom stereocenters. The van der Waals surface area contributed by atoms with Crippen LogP contribution in [0.2, 0.25) is 0 Å². The van der Waals surface area contributed by atoms with Crippen molar-refractivity contribution in [2.45, 2.75) is 68.3 Å². The quantitative estimate of drug-likeness (QED) is 0.0947. The summed E-state index contributed by atoms with van der Waals surface area (Å²) < 4.78 is 38.9. The van der Waals surface area contributed by atoms with Gasteiger partial charge in [0.1, 0.15) is 78.4 Å². The van der Waals surface area contributed by atoms with Gasteiger partial charge in [0.25, 0.3) is 0 Å². The van der Waals surface area contributed by atoms with Crippen molar-refractivity contribution in [1.82, 2.24) is 0 Å². The molecule has 2 aliphatic heterocycles. The van der Waals surface area contributed by atoms with Crippen LogP contribution in [0, 0.1) is 0 Å². The fraction of sp³-hybridized carbons (Fsp3) is 0.516. The summed E-state index contributed by atoms with van der Waals surface area (Å²) in [6.07, 6.45) is -16.2. The Balaban J connectivity index is 1.50. The van der Waals surface area contributed by atoms with Gasteiger partial charge in [0.2, 0.25) is 17.5 Å². The molecular formula is C31H38O18. The molecule has 1 aromatic heterocycles. The lowest BCUT2D eigenvalue weighted by Gasteiger charge is -2.42. The number of rotatable bonds is 12. The smallest absolute Gasteiger partial charge is 0.239 e. The molecule has 270 valence electrons. The third kappa shape index (κ3) is 7.54. The van der Waals surface area contributed by atoms with Gasteiger partial charge in [-0.1, -0.05) is 0 Å². The van der Waals surface area contributed by atoms with Crippen LogP contribution >= 0.6 is 0 Å².